The largest absolute Gasteiger partial charge is 0.336 e. The molecule has 2 aliphatic rings. The van der Waals surface area contributed by atoms with Crippen LogP contribution in [0.4, 0.5) is 5.69 Å². The van der Waals surface area contributed by atoms with Crippen molar-refractivity contribution in [1.29, 1.82) is 0 Å². The van der Waals surface area contributed by atoms with Crippen molar-refractivity contribution in [3.8, 4) is 0 Å². The molecule has 3 heterocycles. The molecular weight excluding hydrogens is 254 g/mol. The van der Waals surface area contributed by atoms with Crippen molar-refractivity contribution < 1.29 is 4.79 Å². The third-order valence-electron chi connectivity index (χ3n) is 4.30. The Bertz CT molecular complexity index is 518. The molecule has 6 heteroatoms. The van der Waals surface area contributed by atoms with E-state index in [-0.39, 0.29) is 5.91 Å². The average Bonchev–Trinajstić information content (AvgIpc) is 2.93. The zero-order chi connectivity index (χ0) is 14.1. The van der Waals surface area contributed by atoms with Crippen LogP contribution in [0.1, 0.15) is 28.9 Å². The third kappa shape index (κ3) is 2.36. The van der Waals surface area contributed by atoms with Crippen LogP contribution in [-0.4, -0.2) is 52.9 Å². The molecule has 2 saturated heterocycles. The Morgan fingerprint density at radius 1 is 1.45 bits per heavy atom. The number of aryl methyl sites for hydroxylation is 1. The number of pyridine rings is 1. The van der Waals surface area contributed by atoms with Crippen molar-refractivity contribution in [3.63, 3.8) is 0 Å². The molecule has 0 saturated carbocycles. The van der Waals surface area contributed by atoms with Crippen molar-refractivity contribution in [2.45, 2.75) is 25.8 Å². The fraction of sp³-hybridized carbons (Fsp3) is 0.571. The summed E-state index contributed by atoms with van der Waals surface area (Å²) in [5, 5.41) is 0. The normalized spacial score (nSPS) is 22.7. The van der Waals surface area contributed by atoms with Crippen molar-refractivity contribution in [3.05, 3.63) is 23.5 Å². The molecule has 3 rings (SSSR count). The number of hydrazine groups is 1. The number of nitrogens with two attached hydrogens (primary N) is 1. The summed E-state index contributed by atoms with van der Waals surface area (Å²) in [6.07, 6.45) is 4.06. The Balaban J connectivity index is 1.79. The number of hydrogen-bond acceptors (Lipinski definition) is 5. The van der Waals surface area contributed by atoms with Crippen LogP contribution in [0.5, 0.6) is 0 Å². The Morgan fingerprint density at radius 2 is 2.30 bits per heavy atom. The predicted molar refractivity (Wildman–Crippen MR) is 77.3 cm³/mol. The van der Waals surface area contributed by atoms with Crippen molar-refractivity contribution >= 4 is 11.6 Å². The number of fused-ring (bicyclic) bond motifs is 1. The number of aromatic nitrogens is 1. The molecule has 108 valence electrons. The molecule has 2 aliphatic heterocycles. The Morgan fingerprint density at radius 3 is 3.10 bits per heavy atom. The lowest BCUT2D eigenvalue weighted by Crippen LogP contribution is -2.52. The van der Waals surface area contributed by atoms with Crippen LogP contribution in [0.2, 0.25) is 0 Å². The van der Waals surface area contributed by atoms with Gasteiger partial charge in [-0.15, -0.1) is 0 Å². The van der Waals surface area contributed by atoms with E-state index in [4.69, 9.17) is 5.84 Å². The van der Waals surface area contributed by atoms with E-state index >= 15 is 0 Å². The number of rotatable bonds is 2. The first kappa shape index (κ1) is 13.3. The molecule has 0 aromatic carbocycles. The van der Waals surface area contributed by atoms with Gasteiger partial charge in [0.15, 0.2) is 0 Å². The fourth-order valence-corrected chi connectivity index (χ4v) is 3.20. The lowest BCUT2D eigenvalue weighted by Gasteiger charge is -2.37. The highest BCUT2D eigenvalue weighted by atomic mass is 16.2. The first-order valence-electron chi connectivity index (χ1n) is 7.15. The van der Waals surface area contributed by atoms with Crippen LogP contribution in [0.25, 0.3) is 0 Å². The third-order valence-corrected chi connectivity index (χ3v) is 4.30. The Hall–Kier alpha value is -1.66. The van der Waals surface area contributed by atoms with Gasteiger partial charge in [0.05, 0.1) is 11.3 Å². The smallest absolute Gasteiger partial charge is 0.257 e. The quantitative estimate of drug-likeness (QED) is 0.610. The number of anilines is 1. The molecule has 1 atom stereocenters. The second-order valence-electron chi connectivity index (χ2n) is 5.60. The van der Waals surface area contributed by atoms with Crippen LogP contribution in [0.3, 0.4) is 0 Å². The highest BCUT2D eigenvalue weighted by Crippen LogP contribution is 2.24. The van der Waals surface area contributed by atoms with E-state index in [1.165, 1.54) is 19.4 Å². The first-order valence-corrected chi connectivity index (χ1v) is 7.15. The molecule has 0 bridgehead atoms. The van der Waals surface area contributed by atoms with E-state index in [1.807, 2.05) is 11.8 Å². The number of carbonyl (C=O) groups excluding carboxylic acids is 1. The Labute approximate surface area is 118 Å². The Kier molecular flexibility index (Phi) is 3.58. The molecule has 3 N–H and O–H groups in total. The maximum Gasteiger partial charge on any atom is 0.257 e. The lowest BCUT2D eigenvalue weighted by atomic mass is 10.1. The van der Waals surface area contributed by atoms with Crippen LogP contribution >= 0.6 is 0 Å². The first-order chi connectivity index (χ1) is 9.69. The monoisotopic (exact) mass is 275 g/mol. The van der Waals surface area contributed by atoms with E-state index in [0.29, 0.717) is 17.3 Å². The number of carbonyl (C=O) groups is 1. The van der Waals surface area contributed by atoms with Gasteiger partial charge in [-0.25, -0.2) is 0 Å². The van der Waals surface area contributed by atoms with Crippen molar-refractivity contribution in [1.82, 2.24) is 14.8 Å². The van der Waals surface area contributed by atoms with E-state index in [9.17, 15) is 4.79 Å². The van der Waals surface area contributed by atoms with Gasteiger partial charge in [0.1, 0.15) is 0 Å². The number of piperazine rings is 1. The van der Waals surface area contributed by atoms with Gasteiger partial charge in [-0.2, -0.15) is 0 Å². The van der Waals surface area contributed by atoms with Crippen LogP contribution in [0, 0.1) is 6.92 Å². The van der Waals surface area contributed by atoms with Gasteiger partial charge in [0.25, 0.3) is 5.91 Å². The van der Waals surface area contributed by atoms with E-state index in [0.717, 1.165) is 25.3 Å². The number of hydrogen-bond donors (Lipinski definition) is 2. The minimum Gasteiger partial charge on any atom is -0.336 e. The summed E-state index contributed by atoms with van der Waals surface area (Å²) in [6, 6.07) is 2.33. The van der Waals surface area contributed by atoms with Gasteiger partial charge in [0, 0.05) is 37.6 Å². The number of nitrogen functional groups attached to an aromatic ring is 1. The molecule has 1 aromatic heterocycles. The molecular formula is C14H21N5O. The van der Waals surface area contributed by atoms with E-state index in [1.54, 1.807) is 12.3 Å². The molecule has 1 amide bonds. The number of nitrogens with zero attached hydrogens (tertiary/aromatic N) is 3. The zero-order valence-electron chi connectivity index (χ0n) is 11.8. The summed E-state index contributed by atoms with van der Waals surface area (Å²) in [5.41, 5.74) is 4.66. The summed E-state index contributed by atoms with van der Waals surface area (Å²) >= 11 is 0. The molecule has 2 fully saturated rings. The minimum atomic E-state index is 0.0250. The average molecular weight is 275 g/mol. The molecule has 20 heavy (non-hydrogen) atoms. The van der Waals surface area contributed by atoms with Crippen LogP contribution in [0.15, 0.2) is 12.3 Å². The van der Waals surface area contributed by atoms with Crippen molar-refractivity contribution in [2.24, 2.45) is 5.84 Å². The number of amides is 1. The second kappa shape index (κ2) is 5.38. The minimum absolute atomic E-state index is 0.0250. The standard InChI is InChI=1S/C14H21N5O/c1-10-7-13(17-15)12(8-16-10)14(20)19-6-5-18-4-2-3-11(18)9-19/h7-8,11H,2-6,9,15H2,1H3,(H,16,17). The topological polar surface area (TPSA) is 74.5 Å². The van der Waals surface area contributed by atoms with Gasteiger partial charge >= 0.3 is 0 Å². The van der Waals surface area contributed by atoms with Gasteiger partial charge in [-0.3, -0.25) is 20.5 Å². The second-order valence-corrected chi connectivity index (χ2v) is 5.60. The fourth-order valence-electron chi connectivity index (χ4n) is 3.20. The highest BCUT2D eigenvalue weighted by molar-refractivity contribution is 5.99. The summed E-state index contributed by atoms with van der Waals surface area (Å²) < 4.78 is 0. The lowest BCUT2D eigenvalue weighted by molar-refractivity contribution is 0.0572. The summed E-state index contributed by atoms with van der Waals surface area (Å²) in [5.74, 6) is 5.54. The van der Waals surface area contributed by atoms with Gasteiger partial charge < -0.3 is 10.3 Å². The zero-order valence-corrected chi connectivity index (χ0v) is 11.8. The molecule has 1 unspecified atom stereocenters. The van der Waals surface area contributed by atoms with Crippen molar-refractivity contribution in [2.75, 3.05) is 31.6 Å². The highest BCUT2D eigenvalue weighted by Gasteiger charge is 2.33. The maximum atomic E-state index is 12.7. The van der Waals surface area contributed by atoms with Crippen LogP contribution < -0.4 is 11.3 Å². The maximum absolute atomic E-state index is 12.7. The van der Waals surface area contributed by atoms with Crippen LogP contribution in [-0.2, 0) is 0 Å². The predicted octanol–water partition coefficient (Wildman–Crippen LogP) is 0.596. The number of nitrogens with one attached hydrogen (secondary N) is 1. The molecule has 0 aliphatic carbocycles. The van der Waals surface area contributed by atoms with Gasteiger partial charge in [-0.1, -0.05) is 0 Å². The van der Waals surface area contributed by atoms with E-state index in [2.05, 4.69) is 15.3 Å². The summed E-state index contributed by atoms with van der Waals surface area (Å²) in [7, 11) is 0. The summed E-state index contributed by atoms with van der Waals surface area (Å²) in [6.45, 7) is 5.63. The molecule has 1 aromatic rings. The van der Waals surface area contributed by atoms with Gasteiger partial charge in [-0.05, 0) is 32.4 Å². The summed E-state index contributed by atoms with van der Waals surface area (Å²) in [4.78, 5) is 21.3. The molecule has 0 spiro atoms. The van der Waals surface area contributed by atoms with E-state index < -0.39 is 0 Å². The molecule has 6 nitrogen and oxygen atoms in total. The SMILES string of the molecule is Cc1cc(NN)c(C(=O)N2CCN3CCCC3C2)cn1. The van der Waals surface area contributed by atoms with Gasteiger partial charge in [0.2, 0.25) is 0 Å². The molecule has 0 radical (unpaired) electrons.